The van der Waals surface area contributed by atoms with Crippen LogP contribution in [0.15, 0.2) is 23.8 Å². The number of H-pyrrole nitrogens is 1. The molecule has 7 nitrogen and oxygen atoms in total. The number of carbonyl (C=O) groups is 1. The fourth-order valence-electron chi connectivity index (χ4n) is 1.19. The monoisotopic (exact) mass is 205 g/mol. The van der Waals surface area contributed by atoms with E-state index in [-0.39, 0.29) is 17.1 Å². The summed E-state index contributed by atoms with van der Waals surface area (Å²) in [4.78, 5) is 32.5. The summed E-state index contributed by atoms with van der Waals surface area (Å²) in [6.45, 7) is 3.33. The number of aromatic amines is 1. The van der Waals surface area contributed by atoms with Gasteiger partial charge in [-0.2, -0.15) is 4.98 Å². The van der Waals surface area contributed by atoms with Crippen LogP contribution in [-0.4, -0.2) is 25.4 Å². The lowest BCUT2D eigenvalue weighted by Gasteiger charge is -1.97. The number of nitrogens with zero attached hydrogens (tertiary/aromatic N) is 3. The topological polar surface area (TPSA) is 107 Å². The number of anilines is 1. The maximum absolute atomic E-state index is 11.3. The first-order valence-corrected chi connectivity index (χ1v) is 4.03. The quantitative estimate of drug-likeness (QED) is 0.612. The highest BCUT2D eigenvalue weighted by atomic mass is 16.2. The molecule has 15 heavy (non-hydrogen) atoms. The largest absolute Gasteiger partial charge is 0.369 e. The van der Waals surface area contributed by atoms with Crippen molar-refractivity contribution >= 4 is 23.0 Å². The van der Waals surface area contributed by atoms with Gasteiger partial charge in [-0.25, -0.2) is 9.55 Å². The normalized spacial score (nSPS) is 10.4. The Balaban J connectivity index is 2.85. The van der Waals surface area contributed by atoms with Crippen LogP contribution in [0.5, 0.6) is 0 Å². The zero-order chi connectivity index (χ0) is 11.0. The Kier molecular flexibility index (Phi) is 1.86. The lowest BCUT2D eigenvalue weighted by Crippen LogP contribution is -2.13. The number of allylic oxidation sites excluding steroid dienone is 1. The highest BCUT2D eigenvalue weighted by molar-refractivity contribution is 5.95. The summed E-state index contributed by atoms with van der Waals surface area (Å²) >= 11 is 0. The van der Waals surface area contributed by atoms with Crippen LogP contribution in [0, 0.1) is 0 Å². The van der Waals surface area contributed by atoms with Gasteiger partial charge >= 0.3 is 0 Å². The van der Waals surface area contributed by atoms with Crippen LogP contribution in [0.25, 0.3) is 11.2 Å². The molecule has 2 rings (SSSR count). The standard InChI is InChI=1S/C8H7N5O2/c1-2-4(14)13-3-10-5-6(13)11-8(9)12-7(5)15/h2-3H,1H2,(H3,9,11,12,15). The minimum atomic E-state index is -0.479. The number of hydrogen-bond acceptors (Lipinski definition) is 5. The summed E-state index contributed by atoms with van der Waals surface area (Å²) in [5, 5.41) is 0. The molecule has 0 aliphatic rings. The molecule has 0 fully saturated rings. The van der Waals surface area contributed by atoms with Crippen molar-refractivity contribution in [3.63, 3.8) is 0 Å². The van der Waals surface area contributed by atoms with E-state index in [1.54, 1.807) is 0 Å². The second-order valence-electron chi connectivity index (χ2n) is 2.78. The van der Waals surface area contributed by atoms with Crippen LogP contribution in [0.3, 0.4) is 0 Å². The number of nitrogens with one attached hydrogen (secondary N) is 1. The molecule has 0 bridgehead atoms. The van der Waals surface area contributed by atoms with Crippen molar-refractivity contribution < 1.29 is 4.79 Å². The highest BCUT2D eigenvalue weighted by Gasteiger charge is 2.11. The van der Waals surface area contributed by atoms with Crippen LogP contribution >= 0.6 is 0 Å². The van der Waals surface area contributed by atoms with Gasteiger partial charge < -0.3 is 5.73 Å². The third-order valence-electron chi connectivity index (χ3n) is 1.84. The van der Waals surface area contributed by atoms with Gasteiger partial charge in [-0.05, 0) is 6.08 Å². The first-order chi connectivity index (χ1) is 7.13. The van der Waals surface area contributed by atoms with Gasteiger partial charge in [0, 0.05) is 0 Å². The first kappa shape index (κ1) is 9.13. The number of aromatic nitrogens is 4. The average molecular weight is 205 g/mol. The molecule has 0 saturated heterocycles. The molecule has 0 spiro atoms. The van der Waals surface area contributed by atoms with E-state index in [9.17, 15) is 9.59 Å². The average Bonchev–Trinajstić information content (AvgIpc) is 2.60. The van der Waals surface area contributed by atoms with E-state index >= 15 is 0 Å². The Morgan fingerprint density at radius 2 is 2.40 bits per heavy atom. The van der Waals surface area contributed by atoms with Crippen molar-refractivity contribution in [3.05, 3.63) is 29.3 Å². The van der Waals surface area contributed by atoms with Crippen LogP contribution in [-0.2, 0) is 0 Å². The van der Waals surface area contributed by atoms with Crippen molar-refractivity contribution in [1.29, 1.82) is 0 Å². The molecule has 0 radical (unpaired) electrons. The number of nitrogens with two attached hydrogens (primary N) is 1. The molecule has 2 aromatic heterocycles. The molecule has 0 saturated carbocycles. The second-order valence-corrected chi connectivity index (χ2v) is 2.78. The van der Waals surface area contributed by atoms with E-state index in [0.29, 0.717) is 0 Å². The van der Waals surface area contributed by atoms with Crippen molar-refractivity contribution in [3.8, 4) is 0 Å². The fraction of sp³-hybridized carbons (Fsp3) is 0. The molecule has 76 valence electrons. The van der Waals surface area contributed by atoms with Gasteiger partial charge in [0.15, 0.2) is 11.2 Å². The molecule has 0 amide bonds. The molecular weight excluding hydrogens is 198 g/mol. The lowest BCUT2D eigenvalue weighted by atomic mass is 10.5. The summed E-state index contributed by atoms with van der Waals surface area (Å²) in [7, 11) is 0. The minimum absolute atomic E-state index is 0.0638. The smallest absolute Gasteiger partial charge is 0.280 e. The summed E-state index contributed by atoms with van der Waals surface area (Å²) in [6, 6.07) is 0. The van der Waals surface area contributed by atoms with Gasteiger partial charge in [-0.15, -0.1) is 0 Å². The third kappa shape index (κ3) is 1.30. The van der Waals surface area contributed by atoms with Crippen LogP contribution in [0.4, 0.5) is 5.95 Å². The number of hydrogen-bond donors (Lipinski definition) is 2. The third-order valence-corrected chi connectivity index (χ3v) is 1.84. The number of imidazole rings is 1. The van der Waals surface area contributed by atoms with Gasteiger partial charge in [-0.3, -0.25) is 14.6 Å². The van der Waals surface area contributed by atoms with E-state index in [0.717, 1.165) is 10.6 Å². The minimum Gasteiger partial charge on any atom is -0.369 e. The Morgan fingerprint density at radius 3 is 3.07 bits per heavy atom. The number of fused-ring (bicyclic) bond motifs is 1. The SMILES string of the molecule is C=CC(=O)n1cnc2c(=O)[nH]c(N)nc21. The van der Waals surface area contributed by atoms with E-state index in [4.69, 9.17) is 5.73 Å². The van der Waals surface area contributed by atoms with E-state index in [2.05, 4.69) is 21.5 Å². The predicted molar refractivity (Wildman–Crippen MR) is 53.4 cm³/mol. The molecule has 2 heterocycles. The molecule has 0 atom stereocenters. The number of carbonyl (C=O) groups excluding carboxylic acids is 1. The molecule has 0 aromatic carbocycles. The molecule has 0 unspecified atom stereocenters. The zero-order valence-corrected chi connectivity index (χ0v) is 7.60. The molecule has 2 aromatic rings. The van der Waals surface area contributed by atoms with E-state index < -0.39 is 11.5 Å². The maximum atomic E-state index is 11.3. The van der Waals surface area contributed by atoms with Crippen molar-refractivity contribution in [1.82, 2.24) is 19.5 Å². The molecule has 7 heteroatoms. The van der Waals surface area contributed by atoms with E-state index in [1.165, 1.54) is 6.33 Å². The Hall–Kier alpha value is -2.44. The van der Waals surface area contributed by atoms with Gasteiger partial charge in [0.05, 0.1) is 0 Å². The van der Waals surface area contributed by atoms with Crippen LogP contribution in [0.1, 0.15) is 4.79 Å². The first-order valence-electron chi connectivity index (χ1n) is 4.03. The highest BCUT2D eigenvalue weighted by Crippen LogP contribution is 2.05. The molecule has 3 N–H and O–H groups in total. The van der Waals surface area contributed by atoms with Crippen molar-refractivity contribution in [2.75, 3.05) is 5.73 Å². The summed E-state index contributed by atoms with van der Waals surface area (Å²) in [6.07, 6.45) is 2.30. The Bertz CT molecular complexity index is 609. The number of nitrogen functional groups attached to an aromatic ring is 1. The summed E-state index contributed by atoms with van der Waals surface area (Å²) in [5.41, 5.74) is 5.07. The maximum Gasteiger partial charge on any atom is 0.280 e. The van der Waals surface area contributed by atoms with Gasteiger partial charge in [0.25, 0.3) is 11.5 Å². The van der Waals surface area contributed by atoms with Crippen molar-refractivity contribution in [2.45, 2.75) is 0 Å². The lowest BCUT2D eigenvalue weighted by molar-refractivity contribution is 0.0973. The van der Waals surface area contributed by atoms with Gasteiger partial charge in [-0.1, -0.05) is 6.58 Å². The van der Waals surface area contributed by atoms with Crippen LogP contribution in [0.2, 0.25) is 0 Å². The predicted octanol–water partition coefficient (Wildman–Crippen LogP) is -0.472. The van der Waals surface area contributed by atoms with Crippen LogP contribution < -0.4 is 11.3 Å². The fourth-order valence-corrected chi connectivity index (χ4v) is 1.19. The van der Waals surface area contributed by atoms with Gasteiger partial charge in [0.1, 0.15) is 6.33 Å². The zero-order valence-electron chi connectivity index (χ0n) is 7.60. The Morgan fingerprint density at radius 1 is 1.67 bits per heavy atom. The van der Waals surface area contributed by atoms with Crippen molar-refractivity contribution in [2.24, 2.45) is 0 Å². The summed E-state index contributed by atoms with van der Waals surface area (Å²) in [5.74, 6) is -0.485. The molecule has 0 aliphatic heterocycles. The Labute approximate surface area is 83.3 Å². The van der Waals surface area contributed by atoms with Gasteiger partial charge in [0.2, 0.25) is 5.95 Å². The molecular formula is C8H7N5O2. The second kappa shape index (κ2) is 3.05. The number of rotatable bonds is 1. The molecule has 0 aliphatic carbocycles. The van der Waals surface area contributed by atoms with E-state index in [1.807, 2.05) is 0 Å². The summed E-state index contributed by atoms with van der Waals surface area (Å²) < 4.78 is 1.11.